The number of hydrogen-bond acceptors (Lipinski definition) is 2. The van der Waals surface area contributed by atoms with Gasteiger partial charge in [-0.25, -0.2) is 0 Å². The first-order valence-corrected chi connectivity index (χ1v) is 11.7. The number of carbonyl (C=O) groups is 1. The van der Waals surface area contributed by atoms with Gasteiger partial charge in [-0.1, -0.05) is 33.6 Å². The van der Waals surface area contributed by atoms with Gasteiger partial charge < -0.3 is 10.2 Å². The standard InChI is InChI=1S/C24H40O3/c1-15(7-12-21(26)27)18-10-11-19-17-9-8-16-6-4-5-13-23(16,2)22(17)20(25)14-24(18,19)3/h15-20,22,25H,4-14H2,1-3H3,(H,26,27)/t15-,16?,17+,18-,19+,20?,22-,23+,24-/m1/s1. The van der Waals surface area contributed by atoms with Crippen molar-refractivity contribution < 1.29 is 15.0 Å². The van der Waals surface area contributed by atoms with E-state index in [2.05, 4.69) is 20.8 Å². The van der Waals surface area contributed by atoms with Crippen molar-refractivity contribution in [3.05, 3.63) is 0 Å². The van der Waals surface area contributed by atoms with Crippen LogP contribution in [0.5, 0.6) is 0 Å². The number of hydrogen-bond donors (Lipinski definition) is 2. The zero-order valence-corrected chi connectivity index (χ0v) is 17.6. The smallest absolute Gasteiger partial charge is 0.303 e. The van der Waals surface area contributed by atoms with E-state index in [1.165, 1.54) is 51.4 Å². The van der Waals surface area contributed by atoms with Crippen molar-refractivity contribution >= 4 is 5.97 Å². The van der Waals surface area contributed by atoms with Crippen LogP contribution in [0.1, 0.15) is 91.4 Å². The third-order valence-electron chi connectivity index (χ3n) is 10.1. The van der Waals surface area contributed by atoms with Crippen molar-refractivity contribution in [2.75, 3.05) is 0 Å². The van der Waals surface area contributed by atoms with Crippen LogP contribution in [0.4, 0.5) is 0 Å². The summed E-state index contributed by atoms with van der Waals surface area (Å²) in [4.78, 5) is 11.1. The average molecular weight is 377 g/mol. The molecular formula is C24H40O3. The molecule has 3 heteroatoms. The minimum Gasteiger partial charge on any atom is -0.481 e. The Kier molecular flexibility index (Phi) is 5.15. The second-order valence-corrected chi connectivity index (χ2v) is 11.2. The summed E-state index contributed by atoms with van der Waals surface area (Å²) in [5.74, 6) is 3.11. The van der Waals surface area contributed by atoms with Crippen LogP contribution in [0.25, 0.3) is 0 Å². The first-order valence-electron chi connectivity index (χ1n) is 11.7. The van der Waals surface area contributed by atoms with Gasteiger partial charge in [0.05, 0.1) is 6.10 Å². The highest BCUT2D eigenvalue weighted by Gasteiger charge is 2.62. The Morgan fingerprint density at radius 3 is 2.59 bits per heavy atom. The quantitative estimate of drug-likeness (QED) is 0.680. The van der Waals surface area contributed by atoms with E-state index in [-0.39, 0.29) is 17.9 Å². The Hall–Kier alpha value is -0.570. The van der Waals surface area contributed by atoms with Crippen LogP contribution in [-0.2, 0) is 4.79 Å². The molecule has 27 heavy (non-hydrogen) atoms. The van der Waals surface area contributed by atoms with E-state index in [9.17, 15) is 9.90 Å². The minimum absolute atomic E-state index is 0.158. The van der Waals surface area contributed by atoms with E-state index >= 15 is 0 Å². The van der Waals surface area contributed by atoms with Crippen LogP contribution in [0.15, 0.2) is 0 Å². The van der Waals surface area contributed by atoms with Crippen molar-refractivity contribution in [3.8, 4) is 0 Å². The predicted octanol–water partition coefficient (Wildman–Crippen LogP) is 5.51. The van der Waals surface area contributed by atoms with Gasteiger partial charge in [-0.2, -0.15) is 0 Å². The number of aliphatic hydroxyl groups excluding tert-OH is 1. The van der Waals surface area contributed by atoms with Crippen LogP contribution in [0.2, 0.25) is 0 Å². The lowest BCUT2D eigenvalue weighted by Crippen LogP contribution is -2.58. The van der Waals surface area contributed by atoms with Crippen molar-refractivity contribution in [1.82, 2.24) is 0 Å². The number of aliphatic carboxylic acids is 1. The first-order chi connectivity index (χ1) is 12.8. The third-order valence-corrected chi connectivity index (χ3v) is 10.1. The molecular weight excluding hydrogens is 336 g/mol. The van der Waals surface area contributed by atoms with Crippen LogP contribution >= 0.6 is 0 Å². The topological polar surface area (TPSA) is 57.5 Å². The third kappa shape index (κ3) is 3.07. The fourth-order valence-electron chi connectivity index (χ4n) is 8.95. The second kappa shape index (κ2) is 7.04. The van der Waals surface area contributed by atoms with Gasteiger partial charge in [0, 0.05) is 6.42 Å². The molecule has 2 N–H and O–H groups in total. The lowest BCUT2D eigenvalue weighted by molar-refractivity contribution is -0.171. The van der Waals surface area contributed by atoms with E-state index in [4.69, 9.17) is 5.11 Å². The first kappa shape index (κ1) is 19.7. The average Bonchev–Trinajstić information content (AvgIpc) is 2.95. The fourth-order valence-corrected chi connectivity index (χ4v) is 8.95. The molecule has 2 unspecified atom stereocenters. The summed E-state index contributed by atoms with van der Waals surface area (Å²) in [6.07, 6.45) is 12.5. The maximum atomic E-state index is 11.4. The Morgan fingerprint density at radius 2 is 1.85 bits per heavy atom. The van der Waals surface area contributed by atoms with Gasteiger partial charge in [0.1, 0.15) is 0 Å². The molecule has 4 rings (SSSR count). The van der Waals surface area contributed by atoms with E-state index in [1.54, 1.807) is 0 Å². The molecule has 0 amide bonds. The highest BCUT2D eigenvalue weighted by Crippen LogP contribution is 2.68. The lowest BCUT2D eigenvalue weighted by atomic mass is 9.43. The van der Waals surface area contributed by atoms with Gasteiger partial charge in [0.25, 0.3) is 0 Å². The number of carboxylic acids is 1. The largest absolute Gasteiger partial charge is 0.481 e. The normalized spacial score (nSPS) is 50.4. The second-order valence-electron chi connectivity index (χ2n) is 11.2. The Bertz CT molecular complexity index is 574. The van der Waals surface area contributed by atoms with Crippen molar-refractivity contribution in [3.63, 3.8) is 0 Å². The van der Waals surface area contributed by atoms with E-state index in [0.717, 1.165) is 24.7 Å². The number of aliphatic hydroxyl groups is 1. The predicted molar refractivity (Wildman–Crippen MR) is 107 cm³/mol. The van der Waals surface area contributed by atoms with Gasteiger partial charge in [-0.15, -0.1) is 0 Å². The summed E-state index contributed by atoms with van der Waals surface area (Å²) in [5.41, 5.74) is 0.561. The molecule has 4 aliphatic rings. The van der Waals surface area contributed by atoms with Gasteiger partial charge >= 0.3 is 5.97 Å². The molecule has 0 saturated heterocycles. The van der Waals surface area contributed by atoms with Crippen molar-refractivity contribution in [2.24, 2.45) is 46.3 Å². The van der Waals surface area contributed by atoms with Crippen LogP contribution in [-0.4, -0.2) is 22.3 Å². The summed E-state index contributed by atoms with van der Waals surface area (Å²) in [5, 5.41) is 20.5. The van der Waals surface area contributed by atoms with Crippen LogP contribution < -0.4 is 0 Å². The van der Waals surface area contributed by atoms with E-state index in [1.807, 2.05) is 0 Å². The summed E-state index contributed by atoms with van der Waals surface area (Å²) < 4.78 is 0. The molecule has 0 spiro atoms. The summed E-state index contributed by atoms with van der Waals surface area (Å²) in [7, 11) is 0. The number of rotatable bonds is 4. The molecule has 0 aromatic carbocycles. The van der Waals surface area contributed by atoms with Gasteiger partial charge in [0.2, 0.25) is 0 Å². The summed E-state index contributed by atoms with van der Waals surface area (Å²) in [6.45, 7) is 7.22. The zero-order valence-electron chi connectivity index (χ0n) is 17.6. The monoisotopic (exact) mass is 376 g/mol. The molecule has 3 nitrogen and oxygen atoms in total. The minimum atomic E-state index is -0.672. The van der Waals surface area contributed by atoms with Gasteiger partial charge in [-0.3, -0.25) is 4.79 Å². The SMILES string of the molecule is C[C@H](CCC(=O)O)[C@H]1CC[C@H]2[C@@H]3CCC4CCCC[C@]4(C)[C@H]3C(O)C[C@]12C. The molecule has 0 heterocycles. The van der Waals surface area contributed by atoms with Gasteiger partial charge in [-0.05, 0) is 97.7 Å². The molecule has 0 aromatic rings. The maximum Gasteiger partial charge on any atom is 0.303 e. The highest BCUT2D eigenvalue weighted by atomic mass is 16.4. The van der Waals surface area contributed by atoms with E-state index in [0.29, 0.717) is 29.1 Å². The maximum absolute atomic E-state index is 11.4. The Balaban J connectivity index is 1.57. The number of fused-ring (bicyclic) bond motifs is 5. The Morgan fingerprint density at radius 1 is 1.07 bits per heavy atom. The molecule has 4 saturated carbocycles. The van der Waals surface area contributed by atoms with Crippen molar-refractivity contribution in [1.29, 1.82) is 0 Å². The molecule has 9 atom stereocenters. The molecule has 154 valence electrons. The highest BCUT2D eigenvalue weighted by molar-refractivity contribution is 5.66. The molecule has 0 aromatic heterocycles. The molecule has 4 fully saturated rings. The van der Waals surface area contributed by atoms with Gasteiger partial charge in [0.15, 0.2) is 0 Å². The van der Waals surface area contributed by atoms with E-state index < -0.39 is 5.97 Å². The lowest BCUT2D eigenvalue weighted by Gasteiger charge is -2.62. The Labute approximate surface area is 165 Å². The fraction of sp³-hybridized carbons (Fsp3) is 0.958. The molecule has 0 aliphatic heterocycles. The van der Waals surface area contributed by atoms with Crippen LogP contribution in [0.3, 0.4) is 0 Å². The number of carboxylic acid groups (broad SMARTS) is 1. The van der Waals surface area contributed by atoms with Crippen molar-refractivity contribution in [2.45, 2.75) is 97.5 Å². The summed E-state index contributed by atoms with van der Waals surface area (Å²) >= 11 is 0. The van der Waals surface area contributed by atoms with Crippen LogP contribution in [0, 0.1) is 46.3 Å². The molecule has 0 radical (unpaired) electrons. The summed E-state index contributed by atoms with van der Waals surface area (Å²) in [6, 6.07) is 0. The molecule has 4 aliphatic carbocycles. The molecule has 0 bridgehead atoms. The zero-order chi connectivity index (χ0) is 19.4.